The summed E-state index contributed by atoms with van der Waals surface area (Å²) in [5, 5.41) is 7.67. The fourth-order valence-electron chi connectivity index (χ4n) is 8.79. The van der Waals surface area contributed by atoms with Crippen molar-refractivity contribution >= 4 is 72.7 Å². The number of thiophene rings is 2. The Bertz CT molecular complexity index is 3170. The third-order valence-corrected chi connectivity index (χ3v) is 14.0. The van der Waals surface area contributed by atoms with Crippen LogP contribution in [0.15, 0.2) is 194 Å². The maximum Gasteiger partial charge on any atom is 0.0449 e. The van der Waals surface area contributed by atoms with E-state index in [0.29, 0.717) is 0 Å². The van der Waals surface area contributed by atoms with Gasteiger partial charge in [0.15, 0.2) is 0 Å². The van der Waals surface area contributed by atoms with Gasteiger partial charge in [0.1, 0.15) is 0 Å². The summed E-state index contributed by atoms with van der Waals surface area (Å²) in [4.78, 5) is 5.10. The number of fused-ring (bicyclic) bond motifs is 4. The second-order valence-corrected chi connectivity index (χ2v) is 17.3. The fourth-order valence-corrected chi connectivity index (χ4v) is 10.8. The van der Waals surface area contributed by atoms with Crippen LogP contribution in [0.4, 0.5) is 0 Å². The molecule has 0 amide bonds. The monoisotopic (exact) mass is 774 g/mol. The first-order valence-corrected chi connectivity index (χ1v) is 21.7. The molecule has 2 aromatic heterocycles. The van der Waals surface area contributed by atoms with Crippen LogP contribution in [0.5, 0.6) is 0 Å². The van der Waals surface area contributed by atoms with Crippen LogP contribution in [0.2, 0.25) is 0 Å². The molecule has 0 N–H and O–H groups in total. The molecule has 0 spiro atoms. The highest BCUT2D eigenvalue weighted by molar-refractivity contribution is 7.24. The fraction of sp³-hybridized carbons (Fsp3) is 0.0357. The minimum Gasteiger partial charge on any atom is -0.135 e. The smallest absolute Gasteiger partial charge is 0.0449 e. The van der Waals surface area contributed by atoms with E-state index in [1.54, 1.807) is 0 Å². The van der Waals surface area contributed by atoms with E-state index in [-0.39, 0.29) is 0 Å². The minimum atomic E-state index is 1.08. The molecule has 0 radical (unpaired) electrons. The van der Waals surface area contributed by atoms with Gasteiger partial charge in [0.2, 0.25) is 0 Å². The maximum atomic E-state index is 2.46. The Morgan fingerprint density at radius 2 is 1.03 bits per heavy atom. The first-order chi connectivity index (χ1) is 28.7. The Kier molecular flexibility index (Phi) is 8.80. The zero-order valence-corrected chi connectivity index (χ0v) is 33.5. The molecule has 1 aliphatic carbocycles. The summed E-state index contributed by atoms with van der Waals surface area (Å²) < 4.78 is 0. The molecule has 0 nitrogen and oxygen atoms in total. The number of benzene rings is 8. The van der Waals surface area contributed by atoms with E-state index in [0.717, 1.165) is 12.8 Å². The Balaban J connectivity index is 1.05. The molecule has 0 fully saturated rings. The molecule has 58 heavy (non-hydrogen) atoms. The molecule has 0 atom stereocenters. The molecule has 2 heterocycles. The molecule has 11 rings (SSSR count). The summed E-state index contributed by atoms with van der Waals surface area (Å²) in [6.07, 6.45) is 9.09. The molecule has 0 unspecified atom stereocenters. The molecule has 274 valence electrons. The first kappa shape index (κ1) is 34.7. The van der Waals surface area contributed by atoms with Gasteiger partial charge in [-0.1, -0.05) is 164 Å². The van der Waals surface area contributed by atoms with Gasteiger partial charge in [-0.3, -0.25) is 0 Å². The molecule has 0 saturated heterocycles. The van der Waals surface area contributed by atoms with Crippen LogP contribution in [0.1, 0.15) is 33.6 Å². The lowest BCUT2D eigenvalue weighted by atomic mass is 9.84. The highest BCUT2D eigenvalue weighted by atomic mass is 32.1. The SMILES string of the molecule is C1=Cc2ccc(-c3c4ccccc4c(-c4ccc5ccccc5c4)c4ccc(-c5ccc(-c6ccc(C=C(c7ccccc7)c7ccccc7)s6)s5)cc34)cc2CC1. The van der Waals surface area contributed by atoms with Crippen LogP contribution in [0, 0.1) is 0 Å². The second-order valence-electron chi connectivity index (χ2n) is 15.1. The Hall–Kier alpha value is -6.58. The van der Waals surface area contributed by atoms with E-state index in [4.69, 9.17) is 0 Å². The quantitative estimate of drug-likeness (QED) is 0.142. The lowest BCUT2D eigenvalue weighted by Crippen LogP contribution is -1.96. The highest BCUT2D eigenvalue weighted by Gasteiger charge is 2.20. The molecular formula is C56H38S2. The van der Waals surface area contributed by atoms with Crippen molar-refractivity contribution in [2.24, 2.45) is 0 Å². The van der Waals surface area contributed by atoms with Crippen molar-refractivity contribution in [1.29, 1.82) is 0 Å². The van der Waals surface area contributed by atoms with E-state index >= 15 is 0 Å². The van der Waals surface area contributed by atoms with Gasteiger partial charge in [-0.05, 0) is 143 Å². The van der Waals surface area contributed by atoms with Crippen molar-refractivity contribution in [1.82, 2.24) is 0 Å². The van der Waals surface area contributed by atoms with E-state index in [2.05, 4.69) is 206 Å². The number of rotatable bonds is 7. The zero-order chi connectivity index (χ0) is 38.4. The normalized spacial score (nSPS) is 12.3. The maximum absolute atomic E-state index is 2.46. The molecule has 0 bridgehead atoms. The Morgan fingerprint density at radius 3 is 1.83 bits per heavy atom. The number of hydrogen-bond donors (Lipinski definition) is 0. The van der Waals surface area contributed by atoms with E-state index in [1.165, 1.54) is 107 Å². The van der Waals surface area contributed by atoms with Crippen LogP contribution < -0.4 is 0 Å². The lowest BCUT2D eigenvalue weighted by Gasteiger charge is -2.20. The molecule has 8 aromatic carbocycles. The Morgan fingerprint density at radius 1 is 0.431 bits per heavy atom. The van der Waals surface area contributed by atoms with Crippen LogP contribution in [-0.4, -0.2) is 0 Å². The van der Waals surface area contributed by atoms with Crippen molar-refractivity contribution in [2.45, 2.75) is 12.8 Å². The van der Waals surface area contributed by atoms with Gasteiger partial charge >= 0.3 is 0 Å². The third-order valence-electron chi connectivity index (χ3n) is 11.6. The van der Waals surface area contributed by atoms with Crippen molar-refractivity contribution in [3.8, 4) is 42.4 Å². The van der Waals surface area contributed by atoms with Crippen molar-refractivity contribution in [2.75, 3.05) is 0 Å². The minimum absolute atomic E-state index is 1.08. The summed E-state index contributed by atoms with van der Waals surface area (Å²) >= 11 is 3.74. The van der Waals surface area contributed by atoms with Crippen molar-refractivity contribution in [3.63, 3.8) is 0 Å². The van der Waals surface area contributed by atoms with Gasteiger partial charge in [-0.25, -0.2) is 0 Å². The largest absolute Gasteiger partial charge is 0.135 e. The van der Waals surface area contributed by atoms with E-state index in [1.807, 2.05) is 22.7 Å². The molecule has 2 heteroatoms. The van der Waals surface area contributed by atoms with Gasteiger partial charge in [-0.2, -0.15) is 0 Å². The number of allylic oxidation sites excluding steroid dienone is 1. The standard InChI is InChI=1S/C56H38S2/c1-3-15-39(16-4-1)50(40-17-5-2-6-18-40)36-46-28-30-53(57-46)54-32-31-52(58-54)43-27-29-49-51(35-43)56(45-26-24-38-14-8-10-20-42(38)34-45)48-22-12-11-21-47(48)55(49)44-25-23-37-13-7-9-19-41(37)33-44/h1-9,11-19,21-36H,10,20H2. The second kappa shape index (κ2) is 14.7. The van der Waals surface area contributed by atoms with Gasteiger partial charge in [0.25, 0.3) is 0 Å². The highest BCUT2D eigenvalue weighted by Crippen LogP contribution is 2.47. The predicted molar refractivity (Wildman–Crippen MR) is 254 cm³/mol. The van der Waals surface area contributed by atoms with E-state index < -0.39 is 0 Å². The van der Waals surface area contributed by atoms with Gasteiger partial charge in [0, 0.05) is 19.5 Å². The van der Waals surface area contributed by atoms with Crippen molar-refractivity contribution in [3.05, 3.63) is 221 Å². The molecule has 1 aliphatic rings. The van der Waals surface area contributed by atoms with Crippen LogP contribution in [0.3, 0.4) is 0 Å². The molecule has 0 aliphatic heterocycles. The topological polar surface area (TPSA) is 0 Å². The van der Waals surface area contributed by atoms with Gasteiger partial charge in [0.05, 0.1) is 0 Å². The summed E-state index contributed by atoms with van der Waals surface area (Å²) in [5.74, 6) is 0. The molecule has 0 saturated carbocycles. The number of hydrogen-bond acceptors (Lipinski definition) is 2. The van der Waals surface area contributed by atoms with E-state index in [9.17, 15) is 0 Å². The van der Waals surface area contributed by atoms with Gasteiger partial charge < -0.3 is 0 Å². The molecular weight excluding hydrogens is 737 g/mol. The average molecular weight is 775 g/mol. The zero-order valence-electron chi connectivity index (χ0n) is 31.9. The summed E-state index contributed by atoms with van der Waals surface area (Å²) in [6, 6.07) is 69.6. The predicted octanol–water partition coefficient (Wildman–Crippen LogP) is 16.5. The Labute approximate surface area is 347 Å². The van der Waals surface area contributed by atoms with Gasteiger partial charge in [-0.15, -0.1) is 22.7 Å². The average Bonchev–Trinajstić information content (AvgIpc) is 3.98. The van der Waals surface area contributed by atoms with Crippen molar-refractivity contribution < 1.29 is 0 Å². The number of aryl methyl sites for hydroxylation is 1. The summed E-state index contributed by atoms with van der Waals surface area (Å²) in [6.45, 7) is 0. The lowest BCUT2D eigenvalue weighted by molar-refractivity contribution is 0.986. The van der Waals surface area contributed by atoms with Crippen LogP contribution in [-0.2, 0) is 6.42 Å². The summed E-state index contributed by atoms with van der Waals surface area (Å²) in [5.41, 5.74) is 12.8. The first-order valence-electron chi connectivity index (χ1n) is 20.0. The van der Waals surface area contributed by atoms with Crippen LogP contribution >= 0.6 is 22.7 Å². The third kappa shape index (κ3) is 6.32. The molecule has 10 aromatic rings. The van der Waals surface area contributed by atoms with Crippen LogP contribution in [0.25, 0.3) is 92.5 Å². The summed E-state index contributed by atoms with van der Waals surface area (Å²) in [7, 11) is 0.